The van der Waals surface area contributed by atoms with E-state index in [9.17, 15) is 4.39 Å². The maximum absolute atomic E-state index is 12.9. The number of nitrogens with two attached hydrogens (primary N) is 1. The predicted octanol–water partition coefficient (Wildman–Crippen LogP) is 1.68. The number of ether oxygens (including phenoxy) is 1. The molecule has 1 heterocycles. The fourth-order valence-electron chi connectivity index (χ4n) is 1.29. The van der Waals surface area contributed by atoms with Gasteiger partial charge in [0.1, 0.15) is 17.4 Å². The molecule has 1 rings (SSSR count). The van der Waals surface area contributed by atoms with Gasteiger partial charge >= 0.3 is 0 Å². The lowest BCUT2D eigenvalue weighted by molar-refractivity contribution is 0.309. The zero-order valence-corrected chi connectivity index (χ0v) is 9.83. The summed E-state index contributed by atoms with van der Waals surface area (Å²) < 4.78 is 18.0. The molecule has 17 heavy (non-hydrogen) atoms. The molecule has 0 aliphatic carbocycles. The molecular formula is C11H15FN4O. The lowest BCUT2D eigenvalue weighted by atomic mass is 10.1. The fourth-order valence-corrected chi connectivity index (χ4v) is 1.29. The smallest absolute Gasteiger partial charge is 0.185 e. The number of allylic oxidation sites excluding steroid dienone is 4. The molecule has 0 atom stereocenters. The third-order valence-electron chi connectivity index (χ3n) is 2.01. The summed E-state index contributed by atoms with van der Waals surface area (Å²) in [6.45, 7) is 5.18. The molecule has 1 aromatic heterocycles. The molecule has 92 valence electrons. The molecule has 0 spiro atoms. The second kappa shape index (κ2) is 5.95. The summed E-state index contributed by atoms with van der Waals surface area (Å²) in [5.41, 5.74) is 5.83. The molecule has 0 bridgehead atoms. The van der Waals surface area contributed by atoms with Crippen LogP contribution in [-0.4, -0.2) is 22.3 Å². The number of nitrogens with one attached hydrogen (secondary N) is 1. The molecule has 0 aromatic carbocycles. The van der Waals surface area contributed by atoms with E-state index in [1.54, 1.807) is 13.0 Å². The van der Waals surface area contributed by atoms with Crippen molar-refractivity contribution in [2.24, 2.45) is 5.73 Å². The summed E-state index contributed by atoms with van der Waals surface area (Å²) in [5.74, 6) is 0.697. The van der Waals surface area contributed by atoms with Crippen molar-refractivity contribution in [2.75, 3.05) is 7.11 Å². The molecule has 0 amide bonds. The van der Waals surface area contributed by atoms with E-state index in [-0.39, 0.29) is 6.54 Å². The van der Waals surface area contributed by atoms with Crippen molar-refractivity contribution in [3.63, 3.8) is 0 Å². The molecule has 0 aliphatic heterocycles. The highest BCUT2D eigenvalue weighted by molar-refractivity contribution is 5.74. The summed E-state index contributed by atoms with van der Waals surface area (Å²) in [4.78, 5) is 4.11. The molecule has 3 N–H and O–H groups in total. The Bertz CT molecular complexity index is 462. The summed E-state index contributed by atoms with van der Waals surface area (Å²) >= 11 is 0. The van der Waals surface area contributed by atoms with Crippen LogP contribution in [0.4, 0.5) is 4.39 Å². The first-order valence-corrected chi connectivity index (χ1v) is 5.00. The summed E-state index contributed by atoms with van der Waals surface area (Å²) in [6, 6.07) is 0. The molecule has 0 unspecified atom stereocenters. The van der Waals surface area contributed by atoms with Gasteiger partial charge in [-0.25, -0.2) is 9.37 Å². The average Bonchev–Trinajstić information content (AvgIpc) is 2.77. The average molecular weight is 238 g/mol. The van der Waals surface area contributed by atoms with Crippen LogP contribution in [0.3, 0.4) is 0 Å². The van der Waals surface area contributed by atoms with Gasteiger partial charge in [0.15, 0.2) is 5.82 Å². The predicted molar refractivity (Wildman–Crippen MR) is 63.3 cm³/mol. The van der Waals surface area contributed by atoms with Crippen LogP contribution < -0.4 is 5.73 Å². The van der Waals surface area contributed by atoms with Crippen molar-refractivity contribution >= 4 is 5.57 Å². The van der Waals surface area contributed by atoms with E-state index in [1.165, 1.54) is 13.2 Å². The number of hydrogen-bond donors (Lipinski definition) is 2. The maximum atomic E-state index is 12.9. The third kappa shape index (κ3) is 3.25. The van der Waals surface area contributed by atoms with Crippen LogP contribution in [0.2, 0.25) is 0 Å². The minimum absolute atomic E-state index is 0.231. The Morgan fingerprint density at radius 2 is 2.35 bits per heavy atom. The fraction of sp³-hybridized carbons (Fsp3) is 0.273. The van der Waals surface area contributed by atoms with Crippen molar-refractivity contribution in [3.8, 4) is 0 Å². The van der Waals surface area contributed by atoms with Crippen LogP contribution >= 0.6 is 0 Å². The molecule has 0 saturated heterocycles. The molecular weight excluding hydrogens is 223 g/mol. The van der Waals surface area contributed by atoms with Gasteiger partial charge in [0, 0.05) is 0 Å². The lowest BCUT2D eigenvalue weighted by Gasteiger charge is -2.06. The normalized spacial score (nSPS) is 12.7. The second-order valence-electron chi connectivity index (χ2n) is 3.17. The number of halogens is 1. The minimum Gasteiger partial charge on any atom is -0.496 e. The highest BCUT2D eigenvalue weighted by Crippen LogP contribution is 2.22. The van der Waals surface area contributed by atoms with Crippen LogP contribution in [0.5, 0.6) is 0 Å². The molecule has 0 aliphatic rings. The van der Waals surface area contributed by atoms with Gasteiger partial charge in [-0.3, -0.25) is 5.10 Å². The Morgan fingerprint density at radius 1 is 1.65 bits per heavy atom. The van der Waals surface area contributed by atoms with Gasteiger partial charge in [0.05, 0.1) is 19.2 Å². The summed E-state index contributed by atoms with van der Waals surface area (Å²) in [6.07, 6.45) is 2.90. The van der Waals surface area contributed by atoms with E-state index in [4.69, 9.17) is 10.5 Å². The van der Waals surface area contributed by atoms with Gasteiger partial charge in [-0.05, 0) is 19.1 Å². The topological polar surface area (TPSA) is 76.8 Å². The number of nitrogens with zero attached hydrogens (tertiary/aromatic N) is 2. The van der Waals surface area contributed by atoms with E-state index >= 15 is 0 Å². The zero-order valence-electron chi connectivity index (χ0n) is 9.83. The molecule has 0 saturated carbocycles. The van der Waals surface area contributed by atoms with Gasteiger partial charge in [-0.15, -0.1) is 0 Å². The van der Waals surface area contributed by atoms with Crippen LogP contribution in [0.25, 0.3) is 5.57 Å². The maximum Gasteiger partial charge on any atom is 0.185 e. The Hall–Kier alpha value is -1.95. The van der Waals surface area contributed by atoms with Gasteiger partial charge in [-0.2, -0.15) is 5.10 Å². The van der Waals surface area contributed by atoms with Crippen LogP contribution in [-0.2, 0) is 11.3 Å². The van der Waals surface area contributed by atoms with Crippen molar-refractivity contribution in [1.82, 2.24) is 15.2 Å². The molecule has 5 nitrogen and oxygen atoms in total. The van der Waals surface area contributed by atoms with Crippen LogP contribution in [0.1, 0.15) is 18.6 Å². The molecule has 1 aromatic rings. The number of methoxy groups -OCH3 is 1. The van der Waals surface area contributed by atoms with Gasteiger partial charge in [-0.1, -0.05) is 6.58 Å². The van der Waals surface area contributed by atoms with E-state index in [0.29, 0.717) is 23.0 Å². The Kier molecular flexibility index (Phi) is 4.59. The highest BCUT2D eigenvalue weighted by atomic mass is 19.1. The van der Waals surface area contributed by atoms with Gasteiger partial charge in [0.25, 0.3) is 0 Å². The number of aromatic nitrogens is 3. The SMILES string of the molecule is C=C(F)/C=C(\C(=C/C)OC)c1n[nH]c(CN)n1. The van der Waals surface area contributed by atoms with E-state index in [1.807, 2.05) is 0 Å². The van der Waals surface area contributed by atoms with Crippen LogP contribution in [0.15, 0.2) is 30.3 Å². The van der Waals surface area contributed by atoms with Crippen molar-refractivity contribution in [1.29, 1.82) is 0 Å². The quantitative estimate of drug-likeness (QED) is 0.604. The van der Waals surface area contributed by atoms with Crippen molar-refractivity contribution < 1.29 is 9.13 Å². The van der Waals surface area contributed by atoms with Gasteiger partial charge in [0.2, 0.25) is 0 Å². The van der Waals surface area contributed by atoms with Crippen LogP contribution in [0, 0.1) is 0 Å². The Balaban J connectivity index is 3.19. The lowest BCUT2D eigenvalue weighted by Crippen LogP contribution is -1.99. The summed E-state index contributed by atoms with van der Waals surface area (Å²) in [5, 5.41) is 6.59. The van der Waals surface area contributed by atoms with E-state index in [2.05, 4.69) is 21.8 Å². The zero-order chi connectivity index (χ0) is 12.8. The largest absolute Gasteiger partial charge is 0.496 e. The van der Waals surface area contributed by atoms with Crippen molar-refractivity contribution in [3.05, 3.63) is 42.0 Å². The minimum atomic E-state index is -0.601. The first kappa shape index (κ1) is 13.1. The van der Waals surface area contributed by atoms with E-state index < -0.39 is 5.83 Å². The number of aromatic amines is 1. The third-order valence-corrected chi connectivity index (χ3v) is 2.01. The molecule has 6 heteroatoms. The second-order valence-corrected chi connectivity index (χ2v) is 3.17. The number of H-pyrrole nitrogens is 1. The van der Waals surface area contributed by atoms with Gasteiger partial charge < -0.3 is 10.5 Å². The monoisotopic (exact) mass is 238 g/mol. The Morgan fingerprint density at radius 3 is 2.76 bits per heavy atom. The number of hydrogen-bond acceptors (Lipinski definition) is 4. The van der Waals surface area contributed by atoms with Crippen molar-refractivity contribution in [2.45, 2.75) is 13.5 Å². The Labute approximate surface area is 98.9 Å². The highest BCUT2D eigenvalue weighted by Gasteiger charge is 2.13. The summed E-state index contributed by atoms with van der Waals surface area (Å²) in [7, 11) is 1.49. The first-order valence-electron chi connectivity index (χ1n) is 5.00. The first-order chi connectivity index (χ1) is 8.12. The van der Waals surface area contributed by atoms with E-state index in [0.717, 1.165) is 0 Å². The standard InChI is InChI=1S/C11H15FN4O/c1-4-9(17-3)8(5-7(2)12)11-14-10(6-13)15-16-11/h4-5H,2,6,13H2,1,3H3,(H,14,15,16)/b8-5+,9-4+. The molecule has 0 fully saturated rings. The molecule has 0 radical (unpaired) electrons. The number of rotatable bonds is 5.